The summed E-state index contributed by atoms with van der Waals surface area (Å²) < 4.78 is 10.1. The van der Waals surface area contributed by atoms with Crippen LogP contribution in [0.2, 0.25) is 5.02 Å². The maximum atomic E-state index is 12.8. The predicted octanol–water partition coefficient (Wildman–Crippen LogP) is 5.12. The van der Waals surface area contributed by atoms with Crippen LogP contribution in [0.3, 0.4) is 0 Å². The fraction of sp³-hybridized carbons (Fsp3) is 0.333. The van der Waals surface area contributed by atoms with Gasteiger partial charge >= 0.3 is 5.97 Å². The zero-order valence-corrected chi connectivity index (χ0v) is 20.4. The Kier molecular flexibility index (Phi) is 7.27. The number of benzene rings is 2. The number of pyridine rings is 1. The van der Waals surface area contributed by atoms with Crippen LogP contribution in [0, 0.1) is 0 Å². The van der Waals surface area contributed by atoms with Gasteiger partial charge in [0.05, 0.1) is 26.3 Å². The molecule has 0 aliphatic heterocycles. The Bertz CT molecular complexity index is 1230. The van der Waals surface area contributed by atoms with E-state index in [2.05, 4.69) is 9.88 Å². The van der Waals surface area contributed by atoms with Crippen LogP contribution in [0.25, 0.3) is 0 Å². The number of carbonyl (C=O) groups is 1. The average molecular weight is 481 g/mol. The number of hydrogen-bond acceptors (Lipinski definition) is 5. The fourth-order valence-corrected chi connectivity index (χ4v) is 4.55. The first-order chi connectivity index (χ1) is 16.4. The molecule has 0 spiro atoms. The zero-order chi connectivity index (χ0) is 24.2. The number of methoxy groups -OCH3 is 2. The lowest BCUT2D eigenvalue weighted by molar-refractivity contribution is 0.0600. The van der Waals surface area contributed by atoms with Gasteiger partial charge in [-0.2, -0.15) is 0 Å². The van der Waals surface area contributed by atoms with E-state index in [1.54, 1.807) is 19.2 Å². The van der Waals surface area contributed by atoms with Gasteiger partial charge in [0.2, 0.25) is 0 Å². The summed E-state index contributed by atoms with van der Waals surface area (Å²) in [5, 5.41) is 0.279. The van der Waals surface area contributed by atoms with Gasteiger partial charge in [0.25, 0.3) is 5.56 Å². The highest BCUT2D eigenvalue weighted by atomic mass is 35.5. The van der Waals surface area contributed by atoms with Crippen molar-refractivity contribution in [2.75, 3.05) is 26.2 Å². The summed E-state index contributed by atoms with van der Waals surface area (Å²) in [6.07, 6.45) is 3.57. The number of hydrogen-bond donors (Lipinski definition) is 1. The molecule has 0 bridgehead atoms. The molecule has 2 aromatic carbocycles. The third-order valence-corrected chi connectivity index (χ3v) is 6.69. The van der Waals surface area contributed by atoms with E-state index in [1.165, 1.54) is 12.7 Å². The van der Waals surface area contributed by atoms with E-state index in [1.807, 2.05) is 43.4 Å². The van der Waals surface area contributed by atoms with Crippen molar-refractivity contribution in [3.63, 3.8) is 0 Å². The molecular formula is C27H29ClN2O4. The van der Waals surface area contributed by atoms with Crippen molar-refractivity contribution >= 4 is 23.3 Å². The summed E-state index contributed by atoms with van der Waals surface area (Å²) in [4.78, 5) is 29.6. The summed E-state index contributed by atoms with van der Waals surface area (Å²) in [5.41, 5.74) is 5.35. The fourth-order valence-electron chi connectivity index (χ4n) is 4.30. The second kappa shape index (κ2) is 10.3. The van der Waals surface area contributed by atoms with Crippen LogP contribution in [-0.4, -0.2) is 32.2 Å². The van der Waals surface area contributed by atoms with Gasteiger partial charge in [-0.3, -0.25) is 4.79 Å². The molecule has 1 heterocycles. The summed E-state index contributed by atoms with van der Waals surface area (Å²) >= 11 is 6.55. The molecule has 7 heteroatoms. The van der Waals surface area contributed by atoms with Crippen molar-refractivity contribution < 1.29 is 14.3 Å². The number of H-pyrrole nitrogens is 1. The number of rotatable bonds is 9. The van der Waals surface area contributed by atoms with Gasteiger partial charge in [-0.15, -0.1) is 0 Å². The summed E-state index contributed by atoms with van der Waals surface area (Å²) in [5.74, 6) is 0.847. The number of aryl methyl sites for hydroxylation is 1. The normalized spacial score (nSPS) is 12.9. The van der Waals surface area contributed by atoms with Crippen molar-refractivity contribution in [2.24, 2.45) is 0 Å². The SMILES string of the molecule is COC(=O)c1ccc(CCc2c(C3CC3)c(CN(C)c3cccc(OC)c3)[nH]c(=O)c2Cl)cc1. The first kappa shape index (κ1) is 23.9. The van der Waals surface area contributed by atoms with Crippen molar-refractivity contribution in [1.82, 2.24) is 4.98 Å². The Morgan fingerprint density at radius 1 is 1.12 bits per heavy atom. The molecule has 1 aliphatic rings. The highest BCUT2D eigenvalue weighted by molar-refractivity contribution is 6.31. The third kappa shape index (κ3) is 5.28. The maximum Gasteiger partial charge on any atom is 0.337 e. The second-order valence-electron chi connectivity index (χ2n) is 8.66. The van der Waals surface area contributed by atoms with Crippen molar-refractivity contribution in [1.29, 1.82) is 0 Å². The van der Waals surface area contributed by atoms with Gasteiger partial charge in [0.1, 0.15) is 10.8 Å². The molecule has 1 N–H and O–H groups in total. The Balaban J connectivity index is 1.60. The number of aromatic amines is 1. The number of ether oxygens (including phenoxy) is 2. The van der Waals surface area contributed by atoms with Crippen molar-refractivity contribution in [2.45, 2.75) is 38.1 Å². The van der Waals surface area contributed by atoms with Crippen LogP contribution in [0.4, 0.5) is 5.69 Å². The zero-order valence-electron chi connectivity index (χ0n) is 19.7. The second-order valence-corrected chi connectivity index (χ2v) is 9.04. The molecule has 178 valence electrons. The summed E-state index contributed by atoms with van der Waals surface area (Å²) in [6, 6.07) is 15.2. The minimum atomic E-state index is -0.356. The molecule has 0 unspecified atom stereocenters. The minimum absolute atomic E-state index is 0.254. The molecule has 0 radical (unpaired) electrons. The molecule has 4 rings (SSSR count). The van der Waals surface area contributed by atoms with E-state index in [0.717, 1.165) is 47.5 Å². The van der Waals surface area contributed by atoms with Gasteiger partial charge in [-0.25, -0.2) is 4.79 Å². The van der Waals surface area contributed by atoms with Crippen LogP contribution in [0.1, 0.15) is 51.5 Å². The molecule has 0 saturated heterocycles. The summed E-state index contributed by atoms with van der Waals surface area (Å²) in [6.45, 7) is 0.562. The Morgan fingerprint density at radius 2 is 1.85 bits per heavy atom. The van der Waals surface area contributed by atoms with Crippen molar-refractivity contribution in [3.05, 3.63) is 91.9 Å². The van der Waals surface area contributed by atoms with Crippen LogP contribution in [0.5, 0.6) is 5.75 Å². The molecular weight excluding hydrogens is 452 g/mol. The lowest BCUT2D eigenvalue weighted by Crippen LogP contribution is -2.23. The first-order valence-corrected chi connectivity index (χ1v) is 11.7. The summed E-state index contributed by atoms with van der Waals surface area (Å²) in [7, 11) is 5.02. The van der Waals surface area contributed by atoms with E-state index in [0.29, 0.717) is 24.4 Å². The van der Waals surface area contributed by atoms with Gasteiger partial charge in [0.15, 0.2) is 0 Å². The predicted molar refractivity (Wildman–Crippen MR) is 134 cm³/mol. The highest BCUT2D eigenvalue weighted by Gasteiger charge is 2.31. The first-order valence-electron chi connectivity index (χ1n) is 11.4. The van der Waals surface area contributed by atoms with E-state index >= 15 is 0 Å². The van der Waals surface area contributed by atoms with Crippen LogP contribution < -0.4 is 15.2 Å². The number of nitrogens with one attached hydrogen (secondary N) is 1. The number of anilines is 1. The number of aromatic nitrogens is 1. The highest BCUT2D eigenvalue weighted by Crippen LogP contribution is 2.44. The molecule has 1 aliphatic carbocycles. The maximum absolute atomic E-state index is 12.8. The van der Waals surface area contributed by atoms with E-state index in [-0.39, 0.29) is 16.6 Å². The number of carbonyl (C=O) groups excluding carboxylic acids is 1. The Labute approximate surface area is 204 Å². The Hall–Kier alpha value is -3.25. The quantitative estimate of drug-likeness (QED) is 0.430. The molecule has 0 atom stereocenters. The van der Waals surface area contributed by atoms with Crippen LogP contribution in [-0.2, 0) is 24.1 Å². The third-order valence-electron chi connectivity index (χ3n) is 6.29. The van der Waals surface area contributed by atoms with Gasteiger partial charge in [-0.1, -0.05) is 29.8 Å². The lowest BCUT2D eigenvalue weighted by Gasteiger charge is -2.23. The number of nitrogens with zero attached hydrogens (tertiary/aromatic N) is 1. The van der Waals surface area contributed by atoms with Gasteiger partial charge < -0.3 is 19.4 Å². The standard InChI is InChI=1S/C27H29ClN2O4/c1-30(20-5-4-6-21(15-20)33-2)16-23-24(18-12-13-18)22(25(28)26(31)29-23)14-9-17-7-10-19(11-8-17)27(32)34-3/h4-8,10-11,15,18H,9,12-14,16H2,1-3H3,(H,29,31). The Morgan fingerprint density at radius 3 is 2.50 bits per heavy atom. The molecule has 3 aromatic rings. The molecule has 34 heavy (non-hydrogen) atoms. The van der Waals surface area contributed by atoms with Crippen molar-refractivity contribution in [3.8, 4) is 5.75 Å². The molecule has 6 nitrogen and oxygen atoms in total. The lowest BCUT2D eigenvalue weighted by atomic mass is 9.95. The largest absolute Gasteiger partial charge is 0.497 e. The molecule has 1 fully saturated rings. The smallest absolute Gasteiger partial charge is 0.337 e. The number of halogens is 1. The van der Waals surface area contributed by atoms with E-state index in [9.17, 15) is 9.59 Å². The number of esters is 1. The van der Waals surface area contributed by atoms with Gasteiger partial charge in [0, 0.05) is 24.5 Å². The monoisotopic (exact) mass is 480 g/mol. The molecule has 1 aromatic heterocycles. The van der Waals surface area contributed by atoms with Gasteiger partial charge in [-0.05, 0) is 72.6 Å². The minimum Gasteiger partial charge on any atom is -0.497 e. The molecule has 0 amide bonds. The van der Waals surface area contributed by atoms with E-state index < -0.39 is 0 Å². The average Bonchev–Trinajstić information content (AvgIpc) is 3.70. The van der Waals surface area contributed by atoms with Crippen LogP contribution >= 0.6 is 11.6 Å². The topological polar surface area (TPSA) is 71.6 Å². The van der Waals surface area contributed by atoms with E-state index in [4.69, 9.17) is 21.1 Å². The van der Waals surface area contributed by atoms with Crippen LogP contribution in [0.15, 0.2) is 53.3 Å². The molecule has 1 saturated carbocycles.